The number of nitriles is 2. The summed E-state index contributed by atoms with van der Waals surface area (Å²) in [6, 6.07) is 12.3. The average Bonchev–Trinajstić information content (AvgIpc) is 2.77. The van der Waals surface area contributed by atoms with Crippen molar-refractivity contribution < 1.29 is 0 Å². The maximum absolute atomic E-state index is 9.20. The Bertz CT molecular complexity index is 701. The highest BCUT2D eigenvalue weighted by Gasteiger charge is 2.18. The molecule has 2 rings (SSSR count). The van der Waals surface area contributed by atoms with Crippen molar-refractivity contribution in [3.05, 3.63) is 45.8 Å². The molecule has 2 aromatic rings. The minimum atomic E-state index is 0.283. The van der Waals surface area contributed by atoms with E-state index in [1.54, 1.807) is 0 Å². The van der Waals surface area contributed by atoms with Crippen LogP contribution in [0, 0.1) is 29.6 Å². The Morgan fingerprint density at radius 2 is 1.85 bits per heavy atom. The van der Waals surface area contributed by atoms with Gasteiger partial charge in [0.2, 0.25) is 0 Å². The van der Waals surface area contributed by atoms with Crippen LogP contribution >= 0.6 is 11.3 Å². The molecule has 1 aromatic heterocycles. The van der Waals surface area contributed by atoms with Gasteiger partial charge >= 0.3 is 0 Å². The topological polar surface area (TPSA) is 76.8 Å². The van der Waals surface area contributed by atoms with Gasteiger partial charge in [-0.15, -0.1) is 11.3 Å². The molecule has 0 bridgehead atoms. The second kappa shape index (κ2) is 5.64. The van der Waals surface area contributed by atoms with Crippen molar-refractivity contribution in [2.75, 3.05) is 17.7 Å². The van der Waals surface area contributed by atoms with E-state index in [0.717, 1.165) is 10.6 Å². The van der Waals surface area contributed by atoms with E-state index < -0.39 is 0 Å². The standard InChI is InChI=1S/C15H14N4S/c1-10-3-5-11(6-4-10)9-19(2)15-12(7-16)14(18)13(8-17)20-15/h3-6H,9,18H2,1-2H3. The maximum atomic E-state index is 9.20. The van der Waals surface area contributed by atoms with Crippen LogP contribution in [0.5, 0.6) is 0 Å². The van der Waals surface area contributed by atoms with E-state index in [9.17, 15) is 5.26 Å². The van der Waals surface area contributed by atoms with Crippen molar-refractivity contribution in [1.82, 2.24) is 0 Å². The second-order valence-corrected chi connectivity index (χ2v) is 5.59. The summed E-state index contributed by atoms with van der Waals surface area (Å²) in [4.78, 5) is 2.35. The van der Waals surface area contributed by atoms with Crippen molar-refractivity contribution in [2.24, 2.45) is 0 Å². The molecule has 0 fully saturated rings. The Balaban J connectivity index is 2.30. The van der Waals surface area contributed by atoms with Crippen LogP contribution in [0.4, 0.5) is 10.7 Å². The Hall–Kier alpha value is -2.50. The molecule has 4 nitrogen and oxygen atoms in total. The van der Waals surface area contributed by atoms with Gasteiger partial charge in [0.15, 0.2) is 0 Å². The van der Waals surface area contributed by atoms with E-state index in [4.69, 9.17) is 11.0 Å². The molecule has 0 saturated heterocycles. The van der Waals surface area contributed by atoms with Crippen molar-refractivity contribution in [3.8, 4) is 12.1 Å². The predicted molar refractivity (Wildman–Crippen MR) is 81.4 cm³/mol. The first kappa shape index (κ1) is 13.9. The number of nitrogen functional groups attached to an aromatic ring is 1. The summed E-state index contributed by atoms with van der Waals surface area (Å²) in [6.07, 6.45) is 0. The van der Waals surface area contributed by atoms with Gasteiger partial charge in [0, 0.05) is 13.6 Å². The van der Waals surface area contributed by atoms with E-state index in [2.05, 4.69) is 30.3 Å². The Labute approximate surface area is 122 Å². The first-order valence-electron chi connectivity index (χ1n) is 6.06. The Morgan fingerprint density at radius 1 is 1.20 bits per heavy atom. The fourth-order valence-corrected chi connectivity index (χ4v) is 2.86. The van der Waals surface area contributed by atoms with E-state index in [1.807, 2.05) is 24.9 Å². The molecular formula is C15H14N4S. The lowest BCUT2D eigenvalue weighted by Crippen LogP contribution is -2.16. The SMILES string of the molecule is Cc1ccc(CN(C)c2sc(C#N)c(N)c2C#N)cc1. The van der Waals surface area contributed by atoms with Crippen LogP contribution in [0.1, 0.15) is 21.6 Å². The van der Waals surface area contributed by atoms with Crippen LogP contribution in [0.2, 0.25) is 0 Å². The van der Waals surface area contributed by atoms with Crippen LogP contribution < -0.4 is 10.6 Å². The minimum Gasteiger partial charge on any atom is -0.396 e. The molecule has 0 aliphatic heterocycles. The van der Waals surface area contributed by atoms with Gasteiger partial charge in [-0.1, -0.05) is 29.8 Å². The number of anilines is 2. The predicted octanol–water partition coefficient (Wildman–Crippen LogP) is 3.02. The molecule has 0 atom stereocenters. The number of rotatable bonds is 3. The summed E-state index contributed by atoms with van der Waals surface area (Å²) >= 11 is 1.26. The summed E-state index contributed by atoms with van der Waals surface area (Å²) in [5.41, 5.74) is 8.84. The molecule has 0 aliphatic carbocycles. The van der Waals surface area contributed by atoms with Gasteiger partial charge in [-0.25, -0.2) is 0 Å². The molecule has 1 aromatic carbocycles. The van der Waals surface area contributed by atoms with Gasteiger partial charge in [0.1, 0.15) is 27.6 Å². The fraction of sp³-hybridized carbons (Fsp3) is 0.200. The number of nitrogens with zero attached hydrogens (tertiary/aromatic N) is 3. The van der Waals surface area contributed by atoms with E-state index >= 15 is 0 Å². The number of benzene rings is 1. The Kier molecular flexibility index (Phi) is 3.93. The zero-order valence-corrected chi connectivity index (χ0v) is 12.2. The smallest absolute Gasteiger partial charge is 0.131 e. The van der Waals surface area contributed by atoms with E-state index in [-0.39, 0.29) is 5.69 Å². The summed E-state index contributed by atoms with van der Waals surface area (Å²) in [5, 5.41) is 18.9. The number of nitrogens with two attached hydrogens (primary N) is 1. The fourth-order valence-electron chi connectivity index (χ4n) is 1.93. The third kappa shape index (κ3) is 2.59. The number of aryl methyl sites for hydroxylation is 1. The molecule has 0 radical (unpaired) electrons. The quantitative estimate of drug-likeness (QED) is 0.938. The minimum absolute atomic E-state index is 0.283. The van der Waals surface area contributed by atoms with E-state index in [0.29, 0.717) is 17.0 Å². The highest BCUT2D eigenvalue weighted by Crippen LogP contribution is 2.37. The first-order chi connectivity index (χ1) is 9.56. The summed E-state index contributed by atoms with van der Waals surface area (Å²) in [5.74, 6) is 0. The van der Waals surface area contributed by atoms with Crippen molar-refractivity contribution in [1.29, 1.82) is 10.5 Å². The molecule has 100 valence electrons. The van der Waals surface area contributed by atoms with Crippen molar-refractivity contribution in [2.45, 2.75) is 13.5 Å². The third-order valence-electron chi connectivity index (χ3n) is 3.03. The summed E-state index contributed by atoms with van der Waals surface area (Å²) < 4.78 is 0. The summed E-state index contributed by atoms with van der Waals surface area (Å²) in [7, 11) is 1.90. The second-order valence-electron chi connectivity index (χ2n) is 4.59. The lowest BCUT2D eigenvalue weighted by Gasteiger charge is -2.17. The molecule has 0 unspecified atom stereocenters. The normalized spacial score (nSPS) is 9.80. The van der Waals surface area contributed by atoms with Crippen molar-refractivity contribution in [3.63, 3.8) is 0 Å². The van der Waals surface area contributed by atoms with Gasteiger partial charge in [-0.3, -0.25) is 0 Å². The zero-order valence-electron chi connectivity index (χ0n) is 11.3. The van der Waals surface area contributed by atoms with Crippen molar-refractivity contribution >= 4 is 22.0 Å². The molecule has 2 N–H and O–H groups in total. The Morgan fingerprint density at radius 3 is 2.40 bits per heavy atom. The van der Waals surface area contributed by atoms with Crippen LogP contribution in [0.25, 0.3) is 0 Å². The van der Waals surface area contributed by atoms with Crippen LogP contribution in [-0.4, -0.2) is 7.05 Å². The molecule has 0 saturated carbocycles. The van der Waals surface area contributed by atoms with Crippen LogP contribution in [0.15, 0.2) is 24.3 Å². The highest BCUT2D eigenvalue weighted by molar-refractivity contribution is 7.17. The summed E-state index contributed by atoms with van der Waals surface area (Å²) in [6.45, 7) is 2.71. The van der Waals surface area contributed by atoms with Crippen LogP contribution in [0.3, 0.4) is 0 Å². The first-order valence-corrected chi connectivity index (χ1v) is 6.87. The number of hydrogen-bond acceptors (Lipinski definition) is 5. The lowest BCUT2D eigenvalue weighted by molar-refractivity contribution is 0.932. The van der Waals surface area contributed by atoms with Crippen LogP contribution in [-0.2, 0) is 6.54 Å². The molecule has 0 aliphatic rings. The molecule has 0 spiro atoms. The average molecular weight is 282 g/mol. The zero-order chi connectivity index (χ0) is 14.7. The molecular weight excluding hydrogens is 268 g/mol. The molecule has 1 heterocycles. The lowest BCUT2D eigenvalue weighted by atomic mass is 10.1. The maximum Gasteiger partial charge on any atom is 0.131 e. The van der Waals surface area contributed by atoms with Gasteiger partial charge in [0.05, 0.1) is 5.69 Å². The molecule has 5 heteroatoms. The third-order valence-corrected chi connectivity index (χ3v) is 4.25. The van der Waals surface area contributed by atoms with Gasteiger partial charge in [-0.05, 0) is 12.5 Å². The number of hydrogen-bond donors (Lipinski definition) is 1. The molecule has 0 amide bonds. The van der Waals surface area contributed by atoms with Gasteiger partial charge < -0.3 is 10.6 Å². The highest BCUT2D eigenvalue weighted by atomic mass is 32.1. The molecule has 20 heavy (non-hydrogen) atoms. The van der Waals surface area contributed by atoms with E-state index in [1.165, 1.54) is 16.9 Å². The largest absolute Gasteiger partial charge is 0.396 e. The number of thiophene rings is 1. The van der Waals surface area contributed by atoms with Gasteiger partial charge in [-0.2, -0.15) is 10.5 Å². The monoisotopic (exact) mass is 282 g/mol. The van der Waals surface area contributed by atoms with Gasteiger partial charge in [0.25, 0.3) is 0 Å².